The number of nitro groups is 1. The van der Waals surface area contributed by atoms with Gasteiger partial charge in [-0.3, -0.25) is 20.1 Å². The number of aromatic nitrogens is 3. The molecule has 0 saturated carbocycles. The summed E-state index contributed by atoms with van der Waals surface area (Å²) in [4.78, 5) is 30.2. The number of nitrogens with zero attached hydrogens (tertiary/aromatic N) is 5. The third kappa shape index (κ3) is 3.51. The highest BCUT2D eigenvalue weighted by Crippen LogP contribution is 2.35. The molecule has 3 aromatic heterocycles. The fraction of sp³-hybridized carbons (Fsp3) is 0.0667. The van der Waals surface area contributed by atoms with Crippen LogP contribution in [0.2, 0.25) is 0 Å². The van der Waals surface area contributed by atoms with Crippen LogP contribution in [-0.4, -0.2) is 26.1 Å². The molecule has 1 aliphatic heterocycles. The Morgan fingerprint density at radius 2 is 1.51 bits per heavy atom. The highest BCUT2D eigenvalue weighted by molar-refractivity contribution is 6.08. The lowest BCUT2D eigenvalue weighted by molar-refractivity contribution is -0.382. The molecule has 176 valence electrons. The van der Waals surface area contributed by atoms with Crippen LogP contribution in [0, 0.1) is 10.1 Å². The van der Waals surface area contributed by atoms with Crippen LogP contribution in [0.3, 0.4) is 0 Å². The van der Waals surface area contributed by atoms with E-state index in [4.69, 9.17) is 9.97 Å². The number of rotatable bonds is 3. The average molecular weight is 482 g/mol. The summed E-state index contributed by atoms with van der Waals surface area (Å²) in [6.45, 7) is 0. The van der Waals surface area contributed by atoms with Gasteiger partial charge in [0.25, 0.3) is 5.69 Å². The molecule has 37 heavy (non-hydrogen) atoms. The van der Waals surface area contributed by atoms with Crippen LogP contribution in [0.5, 0.6) is 0 Å². The molecule has 1 aliphatic rings. The Kier molecular flexibility index (Phi) is 4.75. The Hall–Kier alpha value is -5.04. The minimum atomic E-state index is -0.375. The van der Waals surface area contributed by atoms with Crippen molar-refractivity contribution in [2.45, 2.75) is 12.8 Å². The monoisotopic (exact) mass is 481 g/mol. The Labute approximate surface area is 211 Å². The fourth-order valence-corrected chi connectivity index (χ4v) is 5.05. The average Bonchev–Trinajstić information content (AvgIpc) is 2.96. The number of hydrogen-bond donors (Lipinski definition) is 0. The van der Waals surface area contributed by atoms with Crippen LogP contribution in [0.25, 0.3) is 55.2 Å². The Morgan fingerprint density at radius 3 is 2.32 bits per heavy atom. The van der Waals surface area contributed by atoms with Crippen molar-refractivity contribution in [3.05, 3.63) is 101 Å². The van der Waals surface area contributed by atoms with E-state index in [2.05, 4.69) is 34.2 Å². The number of hydrogen-bond acceptors (Lipinski definition) is 6. The van der Waals surface area contributed by atoms with E-state index in [1.54, 1.807) is 24.4 Å². The predicted octanol–water partition coefficient (Wildman–Crippen LogP) is 7.22. The van der Waals surface area contributed by atoms with Gasteiger partial charge in [-0.05, 0) is 48.7 Å². The van der Waals surface area contributed by atoms with Crippen LogP contribution < -0.4 is 0 Å². The first-order valence-corrected chi connectivity index (χ1v) is 12.0. The van der Waals surface area contributed by atoms with E-state index in [0.29, 0.717) is 21.8 Å². The van der Waals surface area contributed by atoms with E-state index in [-0.39, 0.29) is 10.6 Å². The molecule has 4 heterocycles. The molecule has 0 aliphatic carbocycles. The number of aryl methyl sites for hydroxylation is 1. The third-order valence-electron chi connectivity index (χ3n) is 6.86. The molecule has 7 nitrogen and oxygen atoms in total. The minimum absolute atomic E-state index is 0.0287. The number of benzene rings is 3. The first-order chi connectivity index (χ1) is 18.2. The highest BCUT2D eigenvalue weighted by atomic mass is 16.6. The summed E-state index contributed by atoms with van der Waals surface area (Å²) >= 11 is 0. The Balaban J connectivity index is 1.36. The molecule has 0 saturated heterocycles. The molecule has 0 atom stereocenters. The molecule has 0 fully saturated rings. The van der Waals surface area contributed by atoms with Crippen molar-refractivity contribution in [3.8, 4) is 22.5 Å². The maximum atomic E-state index is 11.6. The number of aliphatic imine (C=N–C) groups is 1. The zero-order valence-electron chi connectivity index (χ0n) is 19.6. The van der Waals surface area contributed by atoms with Gasteiger partial charge in [0.1, 0.15) is 5.52 Å². The molecule has 3 aromatic carbocycles. The quantitative estimate of drug-likeness (QED) is 0.151. The second-order valence-electron chi connectivity index (χ2n) is 9.09. The maximum absolute atomic E-state index is 11.6. The van der Waals surface area contributed by atoms with Crippen LogP contribution >= 0.6 is 0 Å². The zero-order valence-corrected chi connectivity index (χ0v) is 19.6. The van der Waals surface area contributed by atoms with Crippen LogP contribution in [0.1, 0.15) is 12.0 Å². The number of pyridine rings is 3. The number of fused-ring (bicyclic) bond motifs is 6. The van der Waals surface area contributed by atoms with Gasteiger partial charge >= 0.3 is 0 Å². The van der Waals surface area contributed by atoms with Crippen molar-refractivity contribution in [3.63, 3.8) is 0 Å². The summed E-state index contributed by atoms with van der Waals surface area (Å²) < 4.78 is 0. The molecule has 0 radical (unpaired) electrons. The van der Waals surface area contributed by atoms with Crippen molar-refractivity contribution in [1.29, 1.82) is 0 Å². The summed E-state index contributed by atoms with van der Waals surface area (Å²) in [5, 5.41) is 13.9. The SMILES string of the molecule is O=[N+]([O-])c1cc2ccc(-c3cccc(-c4ccc5ccc6c(c5n4)N=CCC6)c3)nc2c2ncccc12. The van der Waals surface area contributed by atoms with Gasteiger partial charge in [-0.15, -0.1) is 0 Å². The maximum Gasteiger partial charge on any atom is 0.279 e. The third-order valence-corrected chi connectivity index (χ3v) is 6.86. The molecular weight excluding hydrogens is 462 g/mol. The topological polar surface area (TPSA) is 94.2 Å². The van der Waals surface area contributed by atoms with Gasteiger partial charge in [-0.2, -0.15) is 0 Å². The van der Waals surface area contributed by atoms with Gasteiger partial charge in [0.15, 0.2) is 0 Å². The summed E-state index contributed by atoms with van der Waals surface area (Å²) in [5.41, 5.74) is 7.83. The van der Waals surface area contributed by atoms with Gasteiger partial charge in [0.05, 0.1) is 38.4 Å². The summed E-state index contributed by atoms with van der Waals surface area (Å²) in [6, 6.07) is 25.2. The van der Waals surface area contributed by atoms with Crippen molar-refractivity contribution in [2.24, 2.45) is 4.99 Å². The smallest absolute Gasteiger partial charge is 0.259 e. The summed E-state index contributed by atoms with van der Waals surface area (Å²) in [5.74, 6) is 0. The van der Waals surface area contributed by atoms with Crippen molar-refractivity contribution >= 4 is 50.3 Å². The van der Waals surface area contributed by atoms with E-state index in [1.165, 1.54) is 5.56 Å². The molecule has 0 spiro atoms. The molecule has 6 aromatic rings. The van der Waals surface area contributed by atoms with Crippen LogP contribution in [0.15, 0.2) is 90.1 Å². The van der Waals surface area contributed by atoms with E-state index >= 15 is 0 Å². The molecule has 0 bridgehead atoms. The summed E-state index contributed by atoms with van der Waals surface area (Å²) in [7, 11) is 0. The normalized spacial score (nSPS) is 12.8. The Morgan fingerprint density at radius 1 is 0.757 bits per heavy atom. The van der Waals surface area contributed by atoms with Gasteiger partial charge in [0.2, 0.25) is 0 Å². The van der Waals surface area contributed by atoms with Gasteiger partial charge < -0.3 is 0 Å². The van der Waals surface area contributed by atoms with E-state index in [1.807, 2.05) is 42.6 Å². The number of nitro benzene ring substituents is 1. The molecule has 0 unspecified atom stereocenters. The zero-order chi connectivity index (χ0) is 24.9. The molecule has 7 rings (SSSR count). The molecular formula is C30H19N5O2. The van der Waals surface area contributed by atoms with Crippen molar-refractivity contribution in [1.82, 2.24) is 15.0 Å². The standard InChI is InChI=1S/C30H19N5O2/c36-35(37)26-17-22-11-13-25(34-29(22)30-23(26)7-3-15-32-30)21-5-1-4-20(16-21)24-12-10-19-9-8-18-6-2-14-31-27(18)28(19)33-24/h1,3-5,7-17H,2,6H2. The van der Waals surface area contributed by atoms with Crippen LogP contribution in [0.4, 0.5) is 11.4 Å². The van der Waals surface area contributed by atoms with E-state index in [0.717, 1.165) is 51.9 Å². The lowest BCUT2D eigenvalue weighted by Gasteiger charge is -2.13. The largest absolute Gasteiger partial charge is 0.279 e. The first-order valence-electron chi connectivity index (χ1n) is 12.0. The molecule has 0 amide bonds. The minimum Gasteiger partial charge on any atom is -0.259 e. The fourth-order valence-electron chi connectivity index (χ4n) is 5.05. The lowest BCUT2D eigenvalue weighted by Crippen LogP contribution is -1.96. The summed E-state index contributed by atoms with van der Waals surface area (Å²) in [6.07, 6.45) is 5.54. The lowest BCUT2D eigenvalue weighted by atomic mass is 10.0. The van der Waals surface area contributed by atoms with Gasteiger partial charge in [-0.1, -0.05) is 42.5 Å². The molecule has 7 heteroatoms. The van der Waals surface area contributed by atoms with Gasteiger partial charge in [-0.25, -0.2) is 9.97 Å². The van der Waals surface area contributed by atoms with Crippen LogP contribution in [-0.2, 0) is 6.42 Å². The first kappa shape index (κ1) is 21.3. The number of non-ortho nitro benzene ring substituents is 1. The van der Waals surface area contributed by atoms with E-state index in [9.17, 15) is 10.1 Å². The Bertz CT molecular complexity index is 1930. The highest BCUT2D eigenvalue weighted by Gasteiger charge is 2.17. The van der Waals surface area contributed by atoms with E-state index < -0.39 is 0 Å². The van der Waals surface area contributed by atoms with Crippen molar-refractivity contribution in [2.75, 3.05) is 0 Å². The second-order valence-corrected chi connectivity index (χ2v) is 9.09. The van der Waals surface area contributed by atoms with Crippen molar-refractivity contribution < 1.29 is 4.92 Å². The predicted molar refractivity (Wildman–Crippen MR) is 146 cm³/mol. The second kappa shape index (κ2) is 8.27. The molecule has 0 N–H and O–H groups in total. The van der Waals surface area contributed by atoms with Gasteiger partial charge in [0, 0.05) is 40.4 Å².